The summed E-state index contributed by atoms with van der Waals surface area (Å²) in [5.74, 6) is 0.440. The summed E-state index contributed by atoms with van der Waals surface area (Å²) in [6, 6.07) is 16.6. The Morgan fingerprint density at radius 1 is 1.03 bits per heavy atom. The number of allylic oxidation sites excluding steroid dienone is 1. The van der Waals surface area contributed by atoms with Crippen molar-refractivity contribution in [3.63, 3.8) is 0 Å². The van der Waals surface area contributed by atoms with E-state index in [9.17, 15) is 20.2 Å². The van der Waals surface area contributed by atoms with Crippen LogP contribution in [-0.4, -0.2) is 17.3 Å². The lowest BCUT2D eigenvalue weighted by molar-refractivity contribution is -0.384. The van der Waals surface area contributed by atoms with Crippen LogP contribution in [0.25, 0.3) is 6.08 Å². The van der Waals surface area contributed by atoms with Crippen LogP contribution in [0, 0.1) is 42.2 Å². The molecule has 0 bridgehead atoms. The molecule has 35 heavy (non-hydrogen) atoms. The zero-order valence-electron chi connectivity index (χ0n) is 20.1. The van der Waals surface area contributed by atoms with Gasteiger partial charge in [0.05, 0.1) is 11.5 Å². The van der Waals surface area contributed by atoms with E-state index in [0.29, 0.717) is 30.3 Å². The molecule has 0 aliphatic rings. The lowest BCUT2D eigenvalue weighted by Gasteiger charge is -2.16. The largest absolute Gasteiger partial charge is 0.490 e. The van der Waals surface area contributed by atoms with Crippen LogP contribution in [0.1, 0.15) is 45.1 Å². The first kappa shape index (κ1) is 25.2. The lowest BCUT2D eigenvalue weighted by Crippen LogP contribution is -2.04. The molecule has 3 aromatic rings. The smallest absolute Gasteiger partial charge is 0.270 e. The molecule has 0 amide bonds. The van der Waals surface area contributed by atoms with Crippen LogP contribution in [0.4, 0.5) is 5.69 Å². The number of nitriles is 1. The van der Waals surface area contributed by atoms with Gasteiger partial charge in [0.15, 0.2) is 11.5 Å². The van der Waals surface area contributed by atoms with E-state index in [1.165, 1.54) is 29.8 Å². The molecule has 0 saturated carbocycles. The number of hydrogen-bond acceptors (Lipinski definition) is 6. The summed E-state index contributed by atoms with van der Waals surface area (Å²) < 4.78 is 11.8. The van der Waals surface area contributed by atoms with Crippen LogP contribution >= 0.6 is 0 Å². The SMILES string of the molecule is CCOc1cc(C=C(C#N)C(=O)c2cccc([N+](=O)[O-])c2)ccc1OCc1c(C)cc(C)cc1C. The number of non-ortho nitro benzene ring substituents is 1. The van der Waals surface area contributed by atoms with Crippen molar-refractivity contribution in [2.45, 2.75) is 34.3 Å². The minimum absolute atomic E-state index is 0.0702. The van der Waals surface area contributed by atoms with E-state index in [1.54, 1.807) is 18.2 Å². The van der Waals surface area contributed by atoms with Crippen molar-refractivity contribution >= 4 is 17.5 Å². The Kier molecular flexibility index (Phi) is 8.00. The highest BCUT2D eigenvalue weighted by Crippen LogP contribution is 2.31. The van der Waals surface area contributed by atoms with Crippen LogP contribution in [0.3, 0.4) is 0 Å². The van der Waals surface area contributed by atoms with Crippen molar-refractivity contribution in [3.05, 3.63) is 104 Å². The van der Waals surface area contributed by atoms with Crippen LogP contribution in [0.5, 0.6) is 11.5 Å². The summed E-state index contributed by atoms with van der Waals surface area (Å²) in [5, 5.41) is 20.6. The summed E-state index contributed by atoms with van der Waals surface area (Å²) in [4.78, 5) is 23.2. The van der Waals surface area contributed by atoms with Crippen molar-refractivity contribution in [2.24, 2.45) is 0 Å². The number of carbonyl (C=O) groups is 1. The number of nitro benzene ring substituents is 1. The van der Waals surface area contributed by atoms with Crippen molar-refractivity contribution in [1.29, 1.82) is 5.26 Å². The normalized spacial score (nSPS) is 11.0. The molecule has 178 valence electrons. The Balaban J connectivity index is 1.88. The number of rotatable bonds is 9. The molecule has 0 fully saturated rings. The van der Waals surface area contributed by atoms with E-state index in [1.807, 2.05) is 13.0 Å². The standard InChI is InChI=1S/C28H26N2O5/c1-5-34-27-14-21(9-10-26(27)35-17-25-19(3)11-18(2)12-20(25)4)13-23(16-29)28(31)22-7-6-8-24(15-22)30(32)33/h6-15H,5,17H2,1-4H3. The van der Waals surface area contributed by atoms with Crippen molar-refractivity contribution in [1.82, 2.24) is 0 Å². The van der Waals surface area contributed by atoms with Gasteiger partial charge in [-0.2, -0.15) is 5.26 Å². The third-order valence-corrected chi connectivity index (χ3v) is 5.48. The van der Waals surface area contributed by atoms with Gasteiger partial charge >= 0.3 is 0 Å². The van der Waals surface area contributed by atoms with Crippen LogP contribution in [0.2, 0.25) is 0 Å². The first-order valence-corrected chi connectivity index (χ1v) is 11.1. The number of nitro groups is 1. The van der Waals surface area contributed by atoms with E-state index in [0.717, 1.165) is 22.8 Å². The van der Waals surface area contributed by atoms with E-state index >= 15 is 0 Å². The number of nitrogens with zero attached hydrogens (tertiary/aromatic N) is 2. The molecule has 0 aliphatic carbocycles. The second kappa shape index (κ2) is 11.1. The molecule has 3 aromatic carbocycles. The van der Waals surface area contributed by atoms with Gasteiger partial charge in [-0.1, -0.05) is 35.9 Å². The quantitative estimate of drug-likeness (QED) is 0.120. The Labute approximate surface area is 204 Å². The predicted octanol–water partition coefficient (Wildman–Crippen LogP) is 6.29. The Morgan fingerprint density at radius 3 is 2.37 bits per heavy atom. The van der Waals surface area contributed by atoms with E-state index in [2.05, 4.69) is 32.9 Å². The number of hydrogen-bond donors (Lipinski definition) is 0. The van der Waals surface area contributed by atoms with Gasteiger partial charge in [0, 0.05) is 17.7 Å². The highest BCUT2D eigenvalue weighted by atomic mass is 16.6. The molecule has 0 radical (unpaired) electrons. The molecule has 7 heteroatoms. The van der Waals surface area contributed by atoms with Crippen LogP contribution in [0.15, 0.2) is 60.2 Å². The van der Waals surface area contributed by atoms with Gasteiger partial charge in [0.2, 0.25) is 5.78 Å². The molecule has 0 aromatic heterocycles. The molecule has 0 unspecified atom stereocenters. The summed E-state index contributed by atoms with van der Waals surface area (Å²) >= 11 is 0. The monoisotopic (exact) mass is 470 g/mol. The molecular formula is C28H26N2O5. The molecule has 3 rings (SSSR count). The number of carbonyl (C=O) groups excluding carboxylic acids is 1. The Morgan fingerprint density at radius 2 is 1.74 bits per heavy atom. The fourth-order valence-electron chi connectivity index (χ4n) is 3.82. The molecule has 0 aliphatic heterocycles. The minimum atomic E-state index is -0.597. The first-order valence-electron chi connectivity index (χ1n) is 11.1. The van der Waals surface area contributed by atoms with Crippen molar-refractivity contribution < 1.29 is 19.2 Å². The molecule has 0 atom stereocenters. The molecule has 0 spiro atoms. The fourth-order valence-corrected chi connectivity index (χ4v) is 3.82. The topological polar surface area (TPSA) is 102 Å². The Bertz CT molecular complexity index is 1330. The third-order valence-electron chi connectivity index (χ3n) is 5.48. The molecular weight excluding hydrogens is 444 g/mol. The Hall–Kier alpha value is -4.44. The average Bonchev–Trinajstić information content (AvgIpc) is 2.82. The maximum atomic E-state index is 12.8. The average molecular weight is 471 g/mol. The van der Waals surface area contributed by atoms with Gasteiger partial charge in [-0.05, 0) is 68.2 Å². The second-order valence-corrected chi connectivity index (χ2v) is 8.11. The first-order chi connectivity index (χ1) is 16.7. The van der Waals surface area contributed by atoms with Gasteiger partial charge in [-0.15, -0.1) is 0 Å². The van der Waals surface area contributed by atoms with E-state index < -0.39 is 10.7 Å². The highest BCUT2D eigenvalue weighted by molar-refractivity contribution is 6.14. The lowest BCUT2D eigenvalue weighted by atomic mass is 10.0. The summed E-state index contributed by atoms with van der Waals surface area (Å²) in [6.45, 7) is 8.80. The number of Topliss-reactive ketones (excluding diaryl/α,β-unsaturated/α-hetero) is 1. The van der Waals surface area contributed by atoms with Gasteiger partial charge in [-0.25, -0.2) is 0 Å². The minimum Gasteiger partial charge on any atom is -0.490 e. The number of ether oxygens (including phenoxy) is 2. The van der Waals surface area contributed by atoms with Crippen molar-refractivity contribution in [3.8, 4) is 17.6 Å². The van der Waals surface area contributed by atoms with E-state index in [-0.39, 0.29) is 16.8 Å². The molecule has 0 heterocycles. The van der Waals surface area contributed by atoms with Crippen molar-refractivity contribution in [2.75, 3.05) is 6.61 Å². The van der Waals surface area contributed by atoms with Crippen LogP contribution in [-0.2, 0) is 6.61 Å². The van der Waals surface area contributed by atoms with Crippen LogP contribution < -0.4 is 9.47 Å². The van der Waals surface area contributed by atoms with E-state index in [4.69, 9.17) is 9.47 Å². The molecule has 0 N–H and O–H groups in total. The summed E-state index contributed by atoms with van der Waals surface area (Å²) in [7, 11) is 0. The fraction of sp³-hybridized carbons (Fsp3) is 0.214. The van der Waals surface area contributed by atoms with Gasteiger partial charge in [0.1, 0.15) is 18.2 Å². The van der Waals surface area contributed by atoms with Gasteiger partial charge < -0.3 is 9.47 Å². The third kappa shape index (κ3) is 6.12. The predicted molar refractivity (Wildman–Crippen MR) is 134 cm³/mol. The molecule has 7 nitrogen and oxygen atoms in total. The highest BCUT2D eigenvalue weighted by Gasteiger charge is 2.16. The number of ketones is 1. The number of benzene rings is 3. The summed E-state index contributed by atoms with van der Waals surface area (Å²) in [5.41, 5.74) is 4.88. The van der Waals surface area contributed by atoms with Gasteiger partial charge in [-0.3, -0.25) is 14.9 Å². The zero-order valence-corrected chi connectivity index (χ0v) is 20.1. The maximum Gasteiger partial charge on any atom is 0.270 e. The zero-order chi connectivity index (χ0) is 25.5. The molecule has 0 saturated heterocycles. The number of aryl methyl sites for hydroxylation is 3. The second-order valence-electron chi connectivity index (χ2n) is 8.11. The maximum absolute atomic E-state index is 12.8. The van der Waals surface area contributed by atoms with Gasteiger partial charge in [0.25, 0.3) is 5.69 Å². The summed E-state index contributed by atoms with van der Waals surface area (Å²) in [6.07, 6.45) is 1.43.